The molecule has 2 aromatic carbocycles. The standard InChI is InChI=1S/C28H35N3O6/c1-28(2,3)25(24(33)22-16-18-11-5-6-14-21(18)29-22)30-26(34)20(23(32)27(35)31-36)13-8-10-17-9-7-12-19(15-17)37-4/h5-7,9,11-12,14-16,20,23,25,29,32,36H,8,10,13H2,1-4H3,(H,30,34)(H,31,35)/t20-,23+,25-/m1/s1. The highest BCUT2D eigenvalue weighted by molar-refractivity contribution is 6.04. The van der Waals surface area contributed by atoms with Gasteiger partial charge in [0.2, 0.25) is 11.7 Å². The Morgan fingerprint density at radius 2 is 1.76 bits per heavy atom. The number of amides is 2. The molecular formula is C28H35N3O6. The quantitative estimate of drug-likeness (QED) is 0.152. The fraction of sp³-hybridized carbons (Fsp3) is 0.393. The van der Waals surface area contributed by atoms with Crippen LogP contribution in [0.5, 0.6) is 5.75 Å². The lowest BCUT2D eigenvalue weighted by atomic mass is 9.82. The van der Waals surface area contributed by atoms with Crippen LogP contribution in [0.25, 0.3) is 10.9 Å². The van der Waals surface area contributed by atoms with Crippen molar-refractivity contribution in [3.05, 3.63) is 65.9 Å². The number of hydroxylamine groups is 1. The van der Waals surface area contributed by atoms with E-state index in [9.17, 15) is 19.5 Å². The molecule has 0 aliphatic rings. The number of nitrogens with one attached hydrogen (secondary N) is 3. The van der Waals surface area contributed by atoms with Crippen LogP contribution in [0, 0.1) is 11.3 Å². The van der Waals surface area contributed by atoms with Crippen LogP contribution in [0.2, 0.25) is 0 Å². The van der Waals surface area contributed by atoms with Crippen molar-refractivity contribution in [2.45, 2.75) is 52.2 Å². The number of ketones is 1. The van der Waals surface area contributed by atoms with Crippen molar-refractivity contribution < 1.29 is 29.4 Å². The lowest BCUT2D eigenvalue weighted by Gasteiger charge is -2.32. The van der Waals surface area contributed by atoms with Gasteiger partial charge in [-0.1, -0.05) is 51.1 Å². The van der Waals surface area contributed by atoms with Crippen LogP contribution in [0.1, 0.15) is 49.7 Å². The summed E-state index contributed by atoms with van der Waals surface area (Å²) in [6.45, 7) is 5.48. The largest absolute Gasteiger partial charge is 0.497 e. The van der Waals surface area contributed by atoms with Crippen LogP contribution in [0.3, 0.4) is 0 Å². The minimum Gasteiger partial charge on any atom is -0.497 e. The SMILES string of the molecule is COc1cccc(CCC[C@@H](C(=O)N[C@H](C(=O)c2cc3ccccc3[nH]2)C(C)(C)C)[C@H](O)C(=O)NO)c1. The van der Waals surface area contributed by atoms with Gasteiger partial charge in [-0.05, 0) is 54.5 Å². The number of para-hydroxylation sites is 1. The number of fused-ring (bicyclic) bond motifs is 1. The molecule has 3 atom stereocenters. The smallest absolute Gasteiger partial charge is 0.272 e. The van der Waals surface area contributed by atoms with E-state index < -0.39 is 35.3 Å². The summed E-state index contributed by atoms with van der Waals surface area (Å²) in [6.07, 6.45) is -0.601. The fourth-order valence-corrected chi connectivity index (χ4v) is 4.32. The van der Waals surface area contributed by atoms with E-state index >= 15 is 0 Å². The van der Waals surface area contributed by atoms with Crippen molar-refractivity contribution in [1.29, 1.82) is 0 Å². The van der Waals surface area contributed by atoms with Crippen LogP contribution >= 0.6 is 0 Å². The van der Waals surface area contributed by atoms with Gasteiger partial charge in [0.15, 0.2) is 0 Å². The Labute approximate surface area is 216 Å². The molecule has 9 heteroatoms. The normalized spacial score (nSPS) is 14.0. The molecule has 37 heavy (non-hydrogen) atoms. The number of hydrogen-bond donors (Lipinski definition) is 5. The number of aliphatic hydroxyl groups excluding tert-OH is 1. The molecular weight excluding hydrogens is 474 g/mol. The van der Waals surface area contributed by atoms with Crippen LogP contribution in [0.15, 0.2) is 54.6 Å². The molecule has 0 bridgehead atoms. The van der Waals surface area contributed by atoms with Crippen molar-refractivity contribution in [2.24, 2.45) is 11.3 Å². The number of rotatable bonds is 11. The van der Waals surface area contributed by atoms with Gasteiger partial charge in [0.25, 0.3) is 5.91 Å². The average molecular weight is 510 g/mol. The Morgan fingerprint density at radius 1 is 1.03 bits per heavy atom. The molecule has 0 radical (unpaired) electrons. The van der Waals surface area contributed by atoms with Crippen molar-refractivity contribution >= 4 is 28.5 Å². The van der Waals surface area contributed by atoms with Gasteiger partial charge in [0.05, 0.1) is 24.8 Å². The molecule has 0 saturated heterocycles. The minimum absolute atomic E-state index is 0.148. The number of methoxy groups -OCH3 is 1. The van der Waals surface area contributed by atoms with Crippen molar-refractivity contribution in [3.8, 4) is 5.75 Å². The van der Waals surface area contributed by atoms with Gasteiger partial charge < -0.3 is 20.1 Å². The predicted molar refractivity (Wildman–Crippen MR) is 139 cm³/mol. The summed E-state index contributed by atoms with van der Waals surface area (Å²) >= 11 is 0. The lowest BCUT2D eigenvalue weighted by Crippen LogP contribution is -2.53. The van der Waals surface area contributed by atoms with Gasteiger partial charge in [-0.15, -0.1) is 0 Å². The molecule has 5 N–H and O–H groups in total. The zero-order valence-electron chi connectivity index (χ0n) is 21.6. The van der Waals surface area contributed by atoms with Crippen LogP contribution in [-0.2, 0) is 16.0 Å². The predicted octanol–water partition coefficient (Wildman–Crippen LogP) is 3.40. The number of aryl methyl sites for hydroxylation is 1. The third-order valence-corrected chi connectivity index (χ3v) is 6.42. The molecule has 3 rings (SSSR count). The van der Waals surface area contributed by atoms with E-state index in [2.05, 4.69) is 10.3 Å². The average Bonchev–Trinajstić information content (AvgIpc) is 3.32. The Hall–Kier alpha value is -3.69. The molecule has 1 heterocycles. The van der Waals surface area contributed by atoms with Crippen LogP contribution < -0.4 is 15.5 Å². The maximum atomic E-state index is 13.5. The van der Waals surface area contributed by atoms with Gasteiger partial charge in [0.1, 0.15) is 11.9 Å². The van der Waals surface area contributed by atoms with Crippen LogP contribution in [-0.4, -0.2) is 52.2 Å². The first-order chi connectivity index (χ1) is 17.5. The van der Waals surface area contributed by atoms with E-state index in [0.717, 1.165) is 16.5 Å². The molecule has 0 aliphatic carbocycles. The fourth-order valence-electron chi connectivity index (χ4n) is 4.32. The topological polar surface area (TPSA) is 141 Å². The van der Waals surface area contributed by atoms with E-state index in [0.29, 0.717) is 24.3 Å². The highest BCUT2D eigenvalue weighted by Gasteiger charge is 2.38. The molecule has 9 nitrogen and oxygen atoms in total. The summed E-state index contributed by atoms with van der Waals surface area (Å²) in [5.41, 5.74) is 2.87. The molecule has 1 aromatic heterocycles. The zero-order chi connectivity index (χ0) is 27.2. The third-order valence-electron chi connectivity index (χ3n) is 6.42. The van der Waals surface area contributed by atoms with E-state index in [4.69, 9.17) is 9.94 Å². The van der Waals surface area contributed by atoms with Gasteiger partial charge in [0, 0.05) is 10.9 Å². The molecule has 0 fully saturated rings. The number of hydrogen-bond acceptors (Lipinski definition) is 6. The number of aliphatic hydroxyl groups is 1. The van der Waals surface area contributed by atoms with Crippen LogP contribution in [0.4, 0.5) is 0 Å². The van der Waals surface area contributed by atoms with Crippen molar-refractivity contribution in [1.82, 2.24) is 15.8 Å². The second kappa shape index (κ2) is 12.0. The number of carbonyl (C=O) groups excluding carboxylic acids is 3. The monoisotopic (exact) mass is 509 g/mol. The molecule has 0 saturated carbocycles. The first kappa shape index (κ1) is 27.9. The number of aromatic amines is 1. The van der Waals surface area contributed by atoms with Crippen molar-refractivity contribution in [3.63, 3.8) is 0 Å². The summed E-state index contributed by atoms with van der Waals surface area (Å²) in [6, 6.07) is 15.8. The molecule has 0 aliphatic heterocycles. The van der Waals surface area contributed by atoms with E-state index in [-0.39, 0.29) is 12.2 Å². The van der Waals surface area contributed by atoms with Gasteiger partial charge >= 0.3 is 0 Å². The number of Topliss-reactive ketones (excluding diaryl/α,β-unsaturated/α-hetero) is 1. The Bertz CT molecular complexity index is 1210. The highest BCUT2D eigenvalue weighted by Crippen LogP contribution is 2.26. The Morgan fingerprint density at radius 3 is 2.41 bits per heavy atom. The van der Waals surface area contributed by atoms with Gasteiger partial charge in [-0.2, -0.15) is 0 Å². The third kappa shape index (κ3) is 6.96. The number of aromatic nitrogens is 1. The van der Waals surface area contributed by atoms with E-state index in [1.807, 2.05) is 69.3 Å². The second-order valence-electron chi connectivity index (χ2n) is 10.2. The minimum atomic E-state index is -1.79. The summed E-state index contributed by atoms with van der Waals surface area (Å²) in [7, 11) is 1.58. The number of H-pyrrole nitrogens is 1. The maximum Gasteiger partial charge on any atom is 0.272 e. The molecule has 198 valence electrons. The summed E-state index contributed by atoms with van der Waals surface area (Å²) in [5, 5.41) is 23.2. The highest BCUT2D eigenvalue weighted by atomic mass is 16.5. The second-order valence-corrected chi connectivity index (χ2v) is 10.2. The van der Waals surface area contributed by atoms with E-state index in [1.54, 1.807) is 13.2 Å². The molecule has 3 aromatic rings. The number of ether oxygens (including phenoxy) is 1. The maximum absolute atomic E-state index is 13.5. The zero-order valence-corrected chi connectivity index (χ0v) is 21.6. The van der Waals surface area contributed by atoms with Gasteiger partial charge in [-0.25, -0.2) is 5.48 Å². The number of benzene rings is 2. The Balaban J connectivity index is 1.79. The molecule has 0 unspecified atom stereocenters. The summed E-state index contributed by atoms with van der Waals surface area (Å²) < 4.78 is 5.24. The first-order valence-electron chi connectivity index (χ1n) is 12.2. The number of carbonyl (C=O) groups is 3. The Kier molecular flexibility index (Phi) is 9.07. The first-order valence-corrected chi connectivity index (χ1v) is 12.2. The lowest BCUT2D eigenvalue weighted by molar-refractivity contribution is -0.146. The molecule has 0 spiro atoms. The summed E-state index contributed by atoms with van der Waals surface area (Å²) in [5.74, 6) is -2.52. The van der Waals surface area contributed by atoms with Crippen molar-refractivity contribution in [2.75, 3.05) is 7.11 Å². The van der Waals surface area contributed by atoms with Gasteiger partial charge in [-0.3, -0.25) is 19.6 Å². The summed E-state index contributed by atoms with van der Waals surface area (Å²) in [4.78, 5) is 42.0. The molecule has 2 amide bonds. The van der Waals surface area contributed by atoms with E-state index in [1.165, 1.54) is 5.48 Å².